The minimum atomic E-state index is 0.00831. The van der Waals surface area contributed by atoms with Gasteiger partial charge in [-0.05, 0) is 60.4 Å². The summed E-state index contributed by atoms with van der Waals surface area (Å²) in [6, 6.07) is 26.1. The predicted molar refractivity (Wildman–Crippen MR) is 128 cm³/mol. The molecule has 4 rings (SSSR count). The van der Waals surface area contributed by atoms with Gasteiger partial charge in [0.25, 0.3) is 0 Å². The van der Waals surface area contributed by atoms with E-state index in [1.807, 2.05) is 66.7 Å². The van der Waals surface area contributed by atoms with Crippen molar-refractivity contribution in [3.05, 3.63) is 90.0 Å². The molecule has 32 heavy (non-hydrogen) atoms. The molecule has 1 aliphatic rings. The van der Waals surface area contributed by atoms with Crippen LogP contribution in [0.25, 0.3) is 0 Å². The molecule has 1 saturated heterocycles. The number of methoxy groups -OCH3 is 1. The first-order valence-corrected chi connectivity index (χ1v) is 11.1. The molecule has 0 bridgehead atoms. The highest BCUT2D eigenvalue weighted by atomic mass is 16.5. The Hall–Kier alpha value is -3.31. The average Bonchev–Trinajstić information content (AvgIpc) is 3.32. The van der Waals surface area contributed by atoms with Crippen molar-refractivity contribution in [1.82, 2.24) is 0 Å². The summed E-state index contributed by atoms with van der Waals surface area (Å²) in [5, 5.41) is 3.00. The lowest BCUT2D eigenvalue weighted by Gasteiger charge is -2.18. The molecule has 5 nitrogen and oxygen atoms in total. The number of carbonyl (C=O) groups excluding carboxylic acids is 1. The molecule has 5 heteroatoms. The fourth-order valence-electron chi connectivity index (χ4n) is 3.92. The van der Waals surface area contributed by atoms with Crippen molar-refractivity contribution in [3.63, 3.8) is 0 Å². The molecule has 0 spiro atoms. The van der Waals surface area contributed by atoms with Crippen LogP contribution in [0.3, 0.4) is 0 Å². The quantitative estimate of drug-likeness (QED) is 0.515. The SMILES string of the molecule is COC1CCN(c2ccc(NC(=O)CCc3cccc(OCc4ccccc4)c3)cc2)C1. The van der Waals surface area contributed by atoms with Crippen LogP contribution in [0.4, 0.5) is 11.4 Å². The fraction of sp³-hybridized carbons (Fsp3) is 0.296. The zero-order valence-electron chi connectivity index (χ0n) is 18.5. The third-order valence-electron chi connectivity index (χ3n) is 5.78. The Morgan fingerprint density at radius 1 is 1.00 bits per heavy atom. The first-order valence-electron chi connectivity index (χ1n) is 11.1. The van der Waals surface area contributed by atoms with Gasteiger partial charge in [-0.3, -0.25) is 4.79 Å². The van der Waals surface area contributed by atoms with Crippen LogP contribution in [0.5, 0.6) is 5.75 Å². The highest BCUT2D eigenvalue weighted by Crippen LogP contribution is 2.23. The molecule has 1 fully saturated rings. The monoisotopic (exact) mass is 430 g/mol. The second-order valence-corrected chi connectivity index (χ2v) is 8.11. The van der Waals surface area contributed by atoms with Crippen molar-refractivity contribution >= 4 is 17.3 Å². The normalized spacial score (nSPS) is 15.5. The zero-order chi connectivity index (χ0) is 22.2. The maximum Gasteiger partial charge on any atom is 0.224 e. The van der Waals surface area contributed by atoms with Crippen LogP contribution in [0, 0.1) is 0 Å². The summed E-state index contributed by atoms with van der Waals surface area (Å²) >= 11 is 0. The predicted octanol–water partition coefficient (Wildman–Crippen LogP) is 5.06. The van der Waals surface area contributed by atoms with E-state index in [-0.39, 0.29) is 5.91 Å². The first-order chi connectivity index (χ1) is 15.7. The molecule has 0 saturated carbocycles. The summed E-state index contributed by atoms with van der Waals surface area (Å²) in [5.41, 5.74) is 4.20. The Morgan fingerprint density at radius 3 is 2.53 bits per heavy atom. The summed E-state index contributed by atoms with van der Waals surface area (Å²) in [6.07, 6.45) is 2.44. The molecule has 1 heterocycles. The molecular formula is C27H30N2O3. The van der Waals surface area contributed by atoms with Gasteiger partial charge in [0.15, 0.2) is 0 Å². The van der Waals surface area contributed by atoms with Crippen molar-refractivity contribution in [3.8, 4) is 5.75 Å². The van der Waals surface area contributed by atoms with E-state index in [0.29, 0.717) is 25.6 Å². The molecular weight excluding hydrogens is 400 g/mol. The fourth-order valence-corrected chi connectivity index (χ4v) is 3.92. The Morgan fingerprint density at radius 2 is 1.78 bits per heavy atom. The van der Waals surface area contributed by atoms with E-state index in [2.05, 4.69) is 22.3 Å². The van der Waals surface area contributed by atoms with E-state index in [4.69, 9.17) is 9.47 Å². The highest BCUT2D eigenvalue weighted by molar-refractivity contribution is 5.91. The third kappa shape index (κ3) is 6.11. The van der Waals surface area contributed by atoms with Crippen molar-refractivity contribution < 1.29 is 14.3 Å². The van der Waals surface area contributed by atoms with E-state index in [1.165, 1.54) is 0 Å². The lowest BCUT2D eigenvalue weighted by Crippen LogP contribution is -2.22. The average molecular weight is 431 g/mol. The van der Waals surface area contributed by atoms with Gasteiger partial charge in [-0.2, -0.15) is 0 Å². The number of nitrogens with zero attached hydrogens (tertiary/aromatic N) is 1. The van der Waals surface area contributed by atoms with E-state index >= 15 is 0 Å². The number of benzene rings is 3. The molecule has 1 amide bonds. The largest absolute Gasteiger partial charge is 0.489 e. The maximum absolute atomic E-state index is 12.4. The number of nitrogens with one attached hydrogen (secondary N) is 1. The minimum Gasteiger partial charge on any atom is -0.489 e. The van der Waals surface area contributed by atoms with Crippen molar-refractivity contribution in [2.75, 3.05) is 30.4 Å². The highest BCUT2D eigenvalue weighted by Gasteiger charge is 2.22. The van der Waals surface area contributed by atoms with Crippen LogP contribution < -0.4 is 15.0 Å². The van der Waals surface area contributed by atoms with Gasteiger partial charge in [-0.1, -0.05) is 42.5 Å². The molecule has 166 valence electrons. The topological polar surface area (TPSA) is 50.8 Å². The Balaban J connectivity index is 1.24. The number of hydrogen-bond donors (Lipinski definition) is 1. The van der Waals surface area contributed by atoms with Gasteiger partial charge in [0.05, 0.1) is 6.10 Å². The van der Waals surface area contributed by atoms with Crippen molar-refractivity contribution in [2.24, 2.45) is 0 Å². The number of carbonyl (C=O) groups is 1. The summed E-state index contributed by atoms with van der Waals surface area (Å²) in [7, 11) is 1.76. The molecule has 3 aromatic rings. The van der Waals surface area contributed by atoms with Gasteiger partial charge in [-0.15, -0.1) is 0 Å². The van der Waals surface area contributed by atoms with Gasteiger partial charge in [0.1, 0.15) is 12.4 Å². The van der Waals surface area contributed by atoms with E-state index in [0.717, 1.165) is 47.8 Å². The van der Waals surface area contributed by atoms with Gasteiger partial charge >= 0.3 is 0 Å². The van der Waals surface area contributed by atoms with Gasteiger partial charge in [0, 0.05) is 38.0 Å². The lowest BCUT2D eigenvalue weighted by molar-refractivity contribution is -0.116. The number of anilines is 2. The number of amides is 1. The van der Waals surface area contributed by atoms with Gasteiger partial charge < -0.3 is 19.7 Å². The molecule has 0 aliphatic carbocycles. The van der Waals surface area contributed by atoms with Crippen LogP contribution >= 0.6 is 0 Å². The molecule has 3 aromatic carbocycles. The van der Waals surface area contributed by atoms with Crippen LogP contribution in [0.2, 0.25) is 0 Å². The molecule has 1 atom stereocenters. The first kappa shape index (κ1) is 21.9. The Labute approximate surface area is 190 Å². The number of hydrogen-bond acceptors (Lipinski definition) is 4. The summed E-state index contributed by atoms with van der Waals surface area (Å²) in [5.74, 6) is 0.828. The summed E-state index contributed by atoms with van der Waals surface area (Å²) in [6.45, 7) is 2.44. The number of ether oxygens (including phenoxy) is 2. The van der Waals surface area contributed by atoms with Crippen LogP contribution in [0.15, 0.2) is 78.9 Å². The lowest BCUT2D eigenvalue weighted by atomic mass is 10.1. The molecule has 0 radical (unpaired) electrons. The van der Waals surface area contributed by atoms with E-state index < -0.39 is 0 Å². The summed E-state index contributed by atoms with van der Waals surface area (Å²) in [4.78, 5) is 14.7. The smallest absolute Gasteiger partial charge is 0.224 e. The zero-order valence-corrected chi connectivity index (χ0v) is 18.5. The molecule has 1 N–H and O–H groups in total. The van der Waals surface area contributed by atoms with Crippen molar-refractivity contribution in [2.45, 2.75) is 32.0 Å². The number of rotatable bonds is 9. The second kappa shape index (κ2) is 10.8. The van der Waals surface area contributed by atoms with Gasteiger partial charge in [-0.25, -0.2) is 0 Å². The van der Waals surface area contributed by atoms with Gasteiger partial charge in [0.2, 0.25) is 5.91 Å². The minimum absolute atomic E-state index is 0.00831. The molecule has 1 aliphatic heterocycles. The van der Waals surface area contributed by atoms with Crippen LogP contribution in [-0.2, 0) is 22.6 Å². The van der Waals surface area contributed by atoms with Crippen molar-refractivity contribution in [1.29, 1.82) is 0 Å². The molecule has 0 aromatic heterocycles. The van der Waals surface area contributed by atoms with Crippen LogP contribution in [-0.4, -0.2) is 32.2 Å². The third-order valence-corrected chi connectivity index (χ3v) is 5.78. The molecule has 1 unspecified atom stereocenters. The Bertz CT molecular complexity index is 1000. The maximum atomic E-state index is 12.4. The Kier molecular flexibility index (Phi) is 7.41. The van der Waals surface area contributed by atoms with E-state index in [1.54, 1.807) is 7.11 Å². The summed E-state index contributed by atoms with van der Waals surface area (Å²) < 4.78 is 11.3. The van der Waals surface area contributed by atoms with E-state index in [9.17, 15) is 4.79 Å². The standard InChI is InChI=1S/C27H30N2O3/c1-31-26-16-17-29(19-26)24-13-11-23(12-14-24)28-27(30)15-10-21-8-5-9-25(18-21)32-20-22-6-3-2-4-7-22/h2-9,11-14,18,26H,10,15-17,19-20H2,1H3,(H,28,30). The van der Waals surface area contributed by atoms with Crippen LogP contribution in [0.1, 0.15) is 24.0 Å². The number of aryl methyl sites for hydroxylation is 1. The second-order valence-electron chi connectivity index (χ2n) is 8.11.